The molecule has 30 heavy (non-hydrogen) atoms. The smallest absolute Gasteiger partial charge is 0.224 e. The first-order chi connectivity index (χ1) is 14.8. The summed E-state index contributed by atoms with van der Waals surface area (Å²) in [5, 5.41) is 1.01. The van der Waals surface area contributed by atoms with Gasteiger partial charge in [-0.25, -0.2) is 9.97 Å². The average molecular weight is 406 g/mol. The van der Waals surface area contributed by atoms with Crippen LogP contribution in [0.4, 0.5) is 5.82 Å². The van der Waals surface area contributed by atoms with Crippen LogP contribution in [0.2, 0.25) is 0 Å². The van der Waals surface area contributed by atoms with Crippen molar-refractivity contribution in [2.75, 3.05) is 37.7 Å². The van der Waals surface area contributed by atoms with Gasteiger partial charge in [0.2, 0.25) is 5.91 Å². The maximum absolute atomic E-state index is 12.8. The summed E-state index contributed by atoms with van der Waals surface area (Å²) in [7, 11) is 0. The van der Waals surface area contributed by atoms with Crippen molar-refractivity contribution in [3.8, 4) is 0 Å². The van der Waals surface area contributed by atoms with Crippen molar-refractivity contribution >= 4 is 22.6 Å². The molecule has 1 aliphatic heterocycles. The highest BCUT2D eigenvalue weighted by atomic mass is 16.5. The van der Waals surface area contributed by atoms with Crippen LogP contribution in [0.25, 0.3) is 10.9 Å². The van der Waals surface area contributed by atoms with Gasteiger partial charge in [0.05, 0.1) is 31.5 Å². The maximum Gasteiger partial charge on any atom is 0.224 e. The Kier molecular flexibility index (Phi) is 5.36. The lowest BCUT2D eigenvalue weighted by Gasteiger charge is -2.29. The van der Waals surface area contributed by atoms with E-state index in [0.29, 0.717) is 51.7 Å². The lowest BCUT2D eigenvalue weighted by Crippen LogP contribution is -2.42. The number of hydrogen-bond acceptors (Lipinski definition) is 6. The third-order valence-electron chi connectivity index (χ3n) is 5.73. The molecule has 0 N–H and O–H groups in total. The molecule has 0 atom stereocenters. The van der Waals surface area contributed by atoms with E-state index >= 15 is 0 Å². The van der Waals surface area contributed by atoms with E-state index in [4.69, 9.17) is 19.1 Å². The molecular formula is C23H26N4O3. The van der Waals surface area contributed by atoms with Crippen LogP contribution in [-0.4, -0.2) is 53.6 Å². The van der Waals surface area contributed by atoms with E-state index in [-0.39, 0.29) is 5.91 Å². The molecule has 1 saturated carbocycles. The van der Waals surface area contributed by atoms with Crippen molar-refractivity contribution in [1.82, 2.24) is 14.9 Å². The third-order valence-corrected chi connectivity index (χ3v) is 5.73. The van der Waals surface area contributed by atoms with Gasteiger partial charge in [0.1, 0.15) is 17.4 Å². The molecule has 0 radical (unpaired) electrons. The molecule has 3 aromatic rings. The number of fused-ring (bicyclic) bond motifs is 1. The molecule has 2 fully saturated rings. The van der Waals surface area contributed by atoms with Crippen molar-refractivity contribution in [3.05, 3.63) is 54.2 Å². The molecule has 1 amide bonds. The summed E-state index contributed by atoms with van der Waals surface area (Å²) in [6.07, 6.45) is 4.40. The fourth-order valence-electron chi connectivity index (χ4n) is 3.89. The highest BCUT2D eigenvalue weighted by Gasteiger charge is 2.29. The predicted octanol–water partition coefficient (Wildman–Crippen LogP) is 3.36. The Balaban J connectivity index is 1.44. The summed E-state index contributed by atoms with van der Waals surface area (Å²) in [6, 6.07) is 12.0. The summed E-state index contributed by atoms with van der Waals surface area (Å²) < 4.78 is 11.0. The fraction of sp³-hybridized carbons (Fsp3) is 0.435. The SMILES string of the molecule is O=C(CCN(Cc1ccco1)c1nc(C2CC2)nc2ccccc12)N1CCOCC1. The number of ether oxygens (including phenoxy) is 1. The zero-order valence-corrected chi connectivity index (χ0v) is 17.0. The molecule has 7 heteroatoms. The molecule has 1 saturated heterocycles. The van der Waals surface area contributed by atoms with Gasteiger partial charge in [-0.3, -0.25) is 4.79 Å². The molecule has 0 spiro atoms. The Morgan fingerprint density at radius 2 is 1.93 bits per heavy atom. The van der Waals surface area contributed by atoms with Crippen molar-refractivity contribution in [1.29, 1.82) is 0 Å². The fourth-order valence-corrected chi connectivity index (χ4v) is 3.89. The molecule has 3 heterocycles. The first kappa shape index (κ1) is 19.1. The number of carbonyl (C=O) groups is 1. The molecule has 5 rings (SSSR count). The van der Waals surface area contributed by atoms with Gasteiger partial charge in [-0.1, -0.05) is 12.1 Å². The van der Waals surface area contributed by atoms with Crippen molar-refractivity contribution < 1.29 is 13.9 Å². The molecule has 1 aliphatic carbocycles. The Labute approximate surface area is 175 Å². The number of nitrogens with zero attached hydrogens (tertiary/aromatic N) is 4. The number of benzene rings is 1. The van der Waals surface area contributed by atoms with Gasteiger partial charge in [-0.15, -0.1) is 0 Å². The Hall–Kier alpha value is -2.93. The zero-order valence-electron chi connectivity index (χ0n) is 17.0. The molecule has 2 aromatic heterocycles. The molecule has 0 bridgehead atoms. The van der Waals surface area contributed by atoms with Gasteiger partial charge in [0.15, 0.2) is 0 Å². The monoisotopic (exact) mass is 406 g/mol. The molecule has 0 unspecified atom stereocenters. The number of morpholine rings is 1. The van der Waals surface area contributed by atoms with Gasteiger partial charge < -0.3 is 19.0 Å². The largest absolute Gasteiger partial charge is 0.467 e. The number of aromatic nitrogens is 2. The lowest BCUT2D eigenvalue weighted by molar-refractivity contribution is -0.135. The first-order valence-electron chi connectivity index (χ1n) is 10.7. The van der Waals surface area contributed by atoms with Gasteiger partial charge in [0, 0.05) is 37.4 Å². The minimum Gasteiger partial charge on any atom is -0.467 e. The number of amides is 1. The minimum absolute atomic E-state index is 0.156. The molecular weight excluding hydrogens is 380 g/mol. The number of para-hydroxylation sites is 1. The summed E-state index contributed by atoms with van der Waals surface area (Å²) >= 11 is 0. The first-order valence-corrected chi connectivity index (χ1v) is 10.7. The van der Waals surface area contributed by atoms with Crippen LogP contribution < -0.4 is 4.90 Å². The van der Waals surface area contributed by atoms with Crippen molar-refractivity contribution in [2.45, 2.75) is 31.7 Å². The van der Waals surface area contributed by atoms with Crippen LogP contribution in [0.1, 0.15) is 36.8 Å². The van der Waals surface area contributed by atoms with Gasteiger partial charge in [-0.2, -0.15) is 0 Å². The van der Waals surface area contributed by atoms with Crippen LogP contribution in [0.15, 0.2) is 47.1 Å². The predicted molar refractivity (Wildman–Crippen MR) is 113 cm³/mol. The van der Waals surface area contributed by atoms with E-state index in [2.05, 4.69) is 11.0 Å². The molecule has 156 valence electrons. The number of anilines is 1. The third kappa shape index (κ3) is 4.16. The summed E-state index contributed by atoms with van der Waals surface area (Å²) in [6.45, 7) is 3.70. The van der Waals surface area contributed by atoms with Gasteiger partial charge >= 0.3 is 0 Å². The van der Waals surface area contributed by atoms with Crippen LogP contribution in [0, 0.1) is 0 Å². The number of furan rings is 1. The van der Waals surface area contributed by atoms with E-state index in [1.165, 1.54) is 0 Å². The Morgan fingerprint density at radius 3 is 2.70 bits per heavy atom. The highest BCUT2D eigenvalue weighted by Crippen LogP contribution is 2.40. The number of carbonyl (C=O) groups excluding carboxylic acids is 1. The molecule has 2 aliphatic rings. The second-order valence-corrected chi connectivity index (χ2v) is 7.94. The summed E-state index contributed by atoms with van der Waals surface area (Å²) in [4.78, 5) is 26.6. The van der Waals surface area contributed by atoms with Crippen LogP contribution in [-0.2, 0) is 16.1 Å². The maximum atomic E-state index is 12.8. The molecule has 7 nitrogen and oxygen atoms in total. The highest BCUT2D eigenvalue weighted by molar-refractivity contribution is 5.89. The lowest BCUT2D eigenvalue weighted by atomic mass is 10.2. The standard InChI is InChI=1S/C23H26N4O3/c28-21(26-11-14-29-15-12-26)9-10-27(16-18-4-3-13-30-18)23-19-5-1-2-6-20(19)24-22(25-23)17-7-8-17/h1-6,13,17H,7-12,14-16H2. The normalized spacial score (nSPS) is 16.7. The minimum atomic E-state index is 0.156. The zero-order chi connectivity index (χ0) is 20.3. The van der Waals surface area contributed by atoms with E-state index in [9.17, 15) is 4.79 Å². The topological polar surface area (TPSA) is 71.7 Å². The van der Waals surface area contributed by atoms with Crippen molar-refractivity contribution in [2.24, 2.45) is 0 Å². The van der Waals surface area contributed by atoms with E-state index in [1.807, 2.05) is 35.2 Å². The second-order valence-electron chi connectivity index (χ2n) is 7.94. The number of hydrogen-bond donors (Lipinski definition) is 0. The van der Waals surface area contributed by atoms with Crippen molar-refractivity contribution in [3.63, 3.8) is 0 Å². The quantitative estimate of drug-likeness (QED) is 0.599. The number of rotatable bonds is 7. The Morgan fingerprint density at radius 1 is 1.10 bits per heavy atom. The van der Waals surface area contributed by atoms with E-state index < -0.39 is 0 Å². The van der Waals surface area contributed by atoms with Crippen LogP contribution in [0.3, 0.4) is 0 Å². The summed E-state index contributed by atoms with van der Waals surface area (Å²) in [5.41, 5.74) is 0.952. The van der Waals surface area contributed by atoms with Gasteiger partial charge in [-0.05, 0) is 37.1 Å². The van der Waals surface area contributed by atoms with Gasteiger partial charge in [0.25, 0.3) is 0 Å². The van der Waals surface area contributed by atoms with E-state index in [1.54, 1.807) is 6.26 Å². The van der Waals surface area contributed by atoms with Crippen LogP contribution >= 0.6 is 0 Å². The second kappa shape index (κ2) is 8.44. The van der Waals surface area contributed by atoms with Crippen LogP contribution in [0.5, 0.6) is 0 Å². The summed E-state index contributed by atoms with van der Waals surface area (Å²) in [5.74, 6) is 3.25. The van der Waals surface area contributed by atoms with E-state index in [0.717, 1.165) is 41.1 Å². The Bertz CT molecular complexity index is 1010. The molecule has 1 aromatic carbocycles. The average Bonchev–Trinajstić information content (AvgIpc) is 3.52.